The fraction of sp³-hybridized carbons (Fsp3) is 0.471. The number of aliphatic hydroxyl groups is 1. The topological polar surface area (TPSA) is 75.4 Å². The van der Waals surface area contributed by atoms with Crippen molar-refractivity contribution in [2.24, 2.45) is 5.92 Å². The molecule has 2 unspecified atom stereocenters. The second-order valence-corrected chi connectivity index (χ2v) is 6.22. The predicted octanol–water partition coefficient (Wildman–Crippen LogP) is 1.02. The zero-order valence-electron chi connectivity index (χ0n) is 13.2. The van der Waals surface area contributed by atoms with Gasteiger partial charge in [-0.3, -0.25) is 9.59 Å². The minimum Gasteiger partial charge on any atom is -0.396 e. The number of piperidine rings is 1. The molecule has 1 aromatic heterocycles. The van der Waals surface area contributed by atoms with Crippen molar-refractivity contribution in [2.45, 2.75) is 32.4 Å². The number of nitrogens with zero attached hydrogens (tertiary/aromatic N) is 3. The average molecular weight is 315 g/mol. The summed E-state index contributed by atoms with van der Waals surface area (Å²) in [4.78, 5) is 26.8. The maximum atomic E-state index is 12.6. The Labute approximate surface area is 134 Å². The monoisotopic (exact) mass is 315 g/mol. The molecule has 122 valence electrons. The summed E-state index contributed by atoms with van der Waals surface area (Å²) in [5.74, 6) is -0.00281. The molecule has 0 bridgehead atoms. The lowest BCUT2D eigenvalue weighted by Crippen LogP contribution is -2.48. The molecule has 2 heterocycles. The molecule has 1 N–H and O–H groups in total. The summed E-state index contributed by atoms with van der Waals surface area (Å²) in [6.45, 7) is 2.57. The molecule has 0 radical (unpaired) electrons. The van der Waals surface area contributed by atoms with Gasteiger partial charge in [0, 0.05) is 24.6 Å². The maximum absolute atomic E-state index is 12.6. The van der Waals surface area contributed by atoms with Crippen molar-refractivity contribution >= 4 is 16.7 Å². The van der Waals surface area contributed by atoms with Gasteiger partial charge in [0.15, 0.2) is 0 Å². The quantitative estimate of drug-likeness (QED) is 0.917. The number of fused-ring (bicyclic) bond motifs is 1. The Hall–Kier alpha value is -2.21. The highest BCUT2D eigenvalue weighted by molar-refractivity contribution is 5.81. The normalized spacial score (nSPS) is 21.6. The second kappa shape index (κ2) is 6.50. The van der Waals surface area contributed by atoms with E-state index in [1.165, 1.54) is 4.68 Å². The van der Waals surface area contributed by atoms with Crippen molar-refractivity contribution in [2.75, 3.05) is 13.2 Å². The second-order valence-electron chi connectivity index (χ2n) is 6.22. The van der Waals surface area contributed by atoms with E-state index in [9.17, 15) is 14.7 Å². The Kier molecular flexibility index (Phi) is 4.43. The molecule has 0 spiro atoms. The first-order valence-corrected chi connectivity index (χ1v) is 7.95. The highest BCUT2D eigenvalue weighted by Gasteiger charge is 2.28. The third-order valence-electron chi connectivity index (χ3n) is 4.61. The first-order valence-electron chi connectivity index (χ1n) is 7.95. The third-order valence-corrected chi connectivity index (χ3v) is 4.61. The van der Waals surface area contributed by atoms with Crippen LogP contribution in [0.3, 0.4) is 0 Å². The van der Waals surface area contributed by atoms with Crippen molar-refractivity contribution in [3.63, 3.8) is 0 Å². The van der Waals surface area contributed by atoms with Crippen LogP contribution in [0.1, 0.15) is 19.8 Å². The third kappa shape index (κ3) is 3.12. The van der Waals surface area contributed by atoms with Gasteiger partial charge in [0.25, 0.3) is 5.56 Å². The molecule has 0 saturated carbocycles. The number of aliphatic hydroxyl groups excluding tert-OH is 1. The van der Waals surface area contributed by atoms with Gasteiger partial charge in [-0.1, -0.05) is 18.2 Å². The van der Waals surface area contributed by atoms with Crippen LogP contribution in [0.2, 0.25) is 0 Å². The van der Waals surface area contributed by atoms with Gasteiger partial charge in [0.05, 0.1) is 11.6 Å². The van der Waals surface area contributed by atoms with Crippen LogP contribution in [0.15, 0.2) is 35.3 Å². The average Bonchev–Trinajstić information content (AvgIpc) is 2.58. The van der Waals surface area contributed by atoms with Crippen LogP contribution < -0.4 is 5.56 Å². The van der Waals surface area contributed by atoms with E-state index in [-0.39, 0.29) is 36.6 Å². The van der Waals surface area contributed by atoms with Gasteiger partial charge >= 0.3 is 0 Å². The van der Waals surface area contributed by atoms with Gasteiger partial charge in [0.2, 0.25) is 5.91 Å². The summed E-state index contributed by atoms with van der Waals surface area (Å²) < 4.78 is 1.22. The zero-order valence-corrected chi connectivity index (χ0v) is 13.2. The summed E-state index contributed by atoms with van der Waals surface area (Å²) in [5, 5.41) is 14.8. The number of aromatic nitrogens is 2. The van der Waals surface area contributed by atoms with E-state index in [0.717, 1.165) is 18.2 Å². The van der Waals surface area contributed by atoms with Gasteiger partial charge in [-0.05, 0) is 31.7 Å². The molecule has 1 aromatic carbocycles. The van der Waals surface area contributed by atoms with Crippen molar-refractivity contribution in [1.82, 2.24) is 14.7 Å². The first-order chi connectivity index (χ1) is 11.1. The smallest absolute Gasteiger partial charge is 0.275 e. The van der Waals surface area contributed by atoms with Crippen LogP contribution in [0.5, 0.6) is 0 Å². The lowest BCUT2D eigenvalue weighted by atomic mass is 9.94. The Bertz CT molecular complexity index is 771. The van der Waals surface area contributed by atoms with Crippen LogP contribution in [0.4, 0.5) is 0 Å². The summed E-state index contributed by atoms with van der Waals surface area (Å²) in [6, 6.07) is 7.35. The van der Waals surface area contributed by atoms with Crippen LogP contribution in [0, 0.1) is 5.92 Å². The zero-order chi connectivity index (χ0) is 16.4. The fourth-order valence-electron chi connectivity index (χ4n) is 3.14. The van der Waals surface area contributed by atoms with Crippen LogP contribution >= 0.6 is 0 Å². The molecule has 0 aliphatic carbocycles. The number of carbonyl (C=O) groups excluding carboxylic acids is 1. The molecule has 6 heteroatoms. The summed E-state index contributed by atoms with van der Waals surface area (Å²) in [6.07, 6.45) is 3.41. The van der Waals surface area contributed by atoms with Gasteiger partial charge < -0.3 is 10.0 Å². The lowest BCUT2D eigenvalue weighted by molar-refractivity contribution is -0.136. The van der Waals surface area contributed by atoms with Crippen LogP contribution in [-0.4, -0.2) is 44.9 Å². The largest absolute Gasteiger partial charge is 0.396 e. The first kappa shape index (κ1) is 15.7. The number of benzene rings is 1. The van der Waals surface area contributed by atoms with Crippen LogP contribution in [0.25, 0.3) is 10.8 Å². The molecule has 1 saturated heterocycles. The van der Waals surface area contributed by atoms with E-state index >= 15 is 0 Å². The summed E-state index contributed by atoms with van der Waals surface area (Å²) in [5.41, 5.74) is -0.250. The molecule has 1 aliphatic rings. The van der Waals surface area contributed by atoms with E-state index in [4.69, 9.17) is 0 Å². The summed E-state index contributed by atoms with van der Waals surface area (Å²) in [7, 11) is 0. The predicted molar refractivity (Wildman–Crippen MR) is 87.0 cm³/mol. The fourth-order valence-corrected chi connectivity index (χ4v) is 3.14. The highest BCUT2D eigenvalue weighted by Crippen LogP contribution is 2.21. The van der Waals surface area contributed by atoms with Gasteiger partial charge in [0.1, 0.15) is 6.54 Å². The molecule has 6 nitrogen and oxygen atoms in total. The van der Waals surface area contributed by atoms with E-state index < -0.39 is 0 Å². The Balaban J connectivity index is 1.82. The molecular weight excluding hydrogens is 294 g/mol. The van der Waals surface area contributed by atoms with E-state index in [1.54, 1.807) is 23.2 Å². The number of hydrogen-bond acceptors (Lipinski definition) is 4. The molecule has 1 aliphatic heterocycles. The van der Waals surface area contributed by atoms with Crippen molar-refractivity contribution in [3.8, 4) is 0 Å². The maximum Gasteiger partial charge on any atom is 0.275 e. The molecule has 2 aromatic rings. The SMILES string of the molecule is CC1CCC(CO)CN1C(=O)Cn1ncc2ccccc2c1=O. The Morgan fingerprint density at radius 3 is 2.91 bits per heavy atom. The number of amides is 1. The molecule has 2 atom stereocenters. The minimum absolute atomic E-state index is 0.0633. The van der Waals surface area contributed by atoms with Crippen molar-refractivity contribution in [3.05, 3.63) is 40.8 Å². The molecule has 3 rings (SSSR count). The van der Waals surface area contributed by atoms with Crippen LogP contribution in [-0.2, 0) is 11.3 Å². The Morgan fingerprint density at radius 2 is 2.13 bits per heavy atom. The van der Waals surface area contributed by atoms with E-state index in [0.29, 0.717) is 11.9 Å². The highest BCUT2D eigenvalue weighted by atomic mass is 16.3. The van der Waals surface area contributed by atoms with Gasteiger partial charge in [-0.15, -0.1) is 0 Å². The Morgan fingerprint density at radius 1 is 1.35 bits per heavy atom. The molecule has 23 heavy (non-hydrogen) atoms. The number of likely N-dealkylation sites (tertiary alicyclic amines) is 1. The number of rotatable bonds is 3. The number of hydrogen-bond donors (Lipinski definition) is 1. The van der Waals surface area contributed by atoms with Gasteiger partial charge in [-0.2, -0.15) is 5.10 Å². The number of carbonyl (C=O) groups is 1. The standard InChI is InChI=1S/C17H21N3O3/c1-12-6-7-13(11-21)9-19(12)16(22)10-20-17(23)15-5-3-2-4-14(15)8-18-20/h2-5,8,12-13,21H,6-7,9-11H2,1H3. The molecular formula is C17H21N3O3. The minimum atomic E-state index is -0.250. The van der Waals surface area contributed by atoms with E-state index in [1.807, 2.05) is 19.1 Å². The lowest BCUT2D eigenvalue weighted by Gasteiger charge is -2.37. The molecule has 1 fully saturated rings. The molecule has 1 amide bonds. The van der Waals surface area contributed by atoms with E-state index in [2.05, 4.69) is 5.10 Å². The van der Waals surface area contributed by atoms with Crippen molar-refractivity contribution < 1.29 is 9.90 Å². The summed E-state index contributed by atoms with van der Waals surface area (Å²) >= 11 is 0. The van der Waals surface area contributed by atoms with Gasteiger partial charge in [-0.25, -0.2) is 4.68 Å². The van der Waals surface area contributed by atoms with Crippen molar-refractivity contribution in [1.29, 1.82) is 0 Å².